The van der Waals surface area contributed by atoms with Crippen molar-refractivity contribution in [3.8, 4) is 0 Å². The molecule has 5 rings (SSSR count). The highest BCUT2D eigenvalue weighted by atomic mass is 16.8. The van der Waals surface area contributed by atoms with Gasteiger partial charge in [0, 0.05) is 0 Å². The Balaban J connectivity index is 1.34. The first-order chi connectivity index (χ1) is 26.5. The molecule has 0 aromatic heterocycles. The maximum Gasteiger partial charge on any atom is 0.187 e. The summed E-state index contributed by atoms with van der Waals surface area (Å²) in [6.45, 7) is -4.39. The van der Waals surface area contributed by atoms with E-state index in [-0.39, 0.29) is 0 Å². The first kappa shape index (κ1) is 46.0. The van der Waals surface area contributed by atoms with Crippen LogP contribution in [0.5, 0.6) is 0 Å². The molecule has 26 nitrogen and oxygen atoms in total. The van der Waals surface area contributed by atoms with Crippen molar-refractivity contribution < 1.29 is 129 Å². The second kappa shape index (κ2) is 19.6. The molecule has 5 heterocycles. The van der Waals surface area contributed by atoms with E-state index in [2.05, 4.69) is 0 Å². The lowest BCUT2D eigenvalue weighted by molar-refractivity contribution is -0.396. The van der Waals surface area contributed by atoms with E-state index in [9.17, 15) is 86.8 Å². The molecule has 0 radical (unpaired) electrons. The average molecular weight is 829 g/mol. The van der Waals surface area contributed by atoms with Crippen LogP contribution in [0.25, 0.3) is 0 Å². The van der Waals surface area contributed by atoms with Gasteiger partial charge in [0.1, 0.15) is 122 Å². The van der Waals surface area contributed by atoms with E-state index in [1.807, 2.05) is 0 Å². The van der Waals surface area contributed by atoms with E-state index in [4.69, 9.17) is 42.6 Å². The van der Waals surface area contributed by atoms with Gasteiger partial charge in [-0.3, -0.25) is 0 Å². The molecule has 0 bridgehead atoms. The lowest BCUT2D eigenvalue weighted by Gasteiger charge is -2.48. The molecule has 26 heteroatoms. The summed E-state index contributed by atoms with van der Waals surface area (Å²) in [4.78, 5) is 0. The van der Waals surface area contributed by atoms with Crippen LogP contribution in [-0.2, 0) is 42.6 Å². The van der Waals surface area contributed by atoms with Crippen LogP contribution in [0.4, 0.5) is 0 Å². The van der Waals surface area contributed by atoms with E-state index >= 15 is 0 Å². The Morgan fingerprint density at radius 1 is 0.304 bits per heavy atom. The summed E-state index contributed by atoms with van der Waals surface area (Å²) in [6.07, 6.45) is -46.7. The zero-order valence-corrected chi connectivity index (χ0v) is 29.2. The largest absolute Gasteiger partial charge is 0.394 e. The summed E-state index contributed by atoms with van der Waals surface area (Å²) in [5.74, 6) is 0. The standard InChI is InChI=1S/C30H52O26/c31-1-6-11(35)16(40)20(44)27(50-6)54-23-15(39)10(49-26(47)22(23)46)5-48-29-24(18(42)13(37)8(3-33)52-29)56-30-25(19(43)14(38)9(4-34)53-30)55-28-21(45)17(41)12(36)7(2-32)51-28/h6-47H,1-5H2/t6-,7-,8-,9-,10-,11-,12-,13-,14-,15-,16+,17+,18+,19+,20+,21+,22+,23+,24+,25+,26+,27-,28-,29+,30-/m1/s1. The van der Waals surface area contributed by atoms with Crippen LogP contribution in [0.2, 0.25) is 0 Å². The van der Waals surface area contributed by atoms with E-state index in [1.165, 1.54) is 0 Å². The van der Waals surface area contributed by atoms with Gasteiger partial charge in [0.05, 0.1) is 33.0 Å². The first-order valence-corrected chi connectivity index (χ1v) is 17.6. The molecular weight excluding hydrogens is 776 g/mol. The van der Waals surface area contributed by atoms with Gasteiger partial charge in [-0.25, -0.2) is 0 Å². The number of hydrogen-bond donors (Lipinski definition) is 17. The van der Waals surface area contributed by atoms with Gasteiger partial charge in [-0.15, -0.1) is 0 Å². The van der Waals surface area contributed by atoms with Gasteiger partial charge >= 0.3 is 0 Å². The average Bonchev–Trinajstić information content (AvgIpc) is 3.18. The van der Waals surface area contributed by atoms with Crippen molar-refractivity contribution in [2.75, 3.05) is 33.0 Å². The third-order valence-electron chi connectivity index (χ3n) is 10.3. The SMILES string of the molecule is OC[C@H]1O[C@H](O[C@@H]2[C@H](O)[C@@H](O)O[C@H](CO[C@H]3O[C@H](CO)[C@@H](O)[C@H](O)[C@@H]3O[C@H]3O[C@H](CO)[C@@H](O)[C@H](O)[C@@H]3O[C@H]3O[C@H](CO)[C@@H](O)[C@H](O)[C@@H]3O)[C@H]2O)[C@@H](O)[C@@H](O)[C@@H]1O. The zero-order chi connectivity index (χ0) is 41.3. The molecule has 5 saturated heterocycles. The van der Waals surface area contributed by atoms with Crippen LogP contribution >= 0.6 is 0 Å². The van der Waals surface area contributed by atoms with E-state index in [0.29, 0.717) is 0 Å². The number of rotatable bonds is 13. The Bertz CT molecular complexity index is 1200. The smallest absolute Gasteiger partial charge is 0.187 e. The van der Waals surface area contributed by atoms with Crippen molar-refractivity contribution in [1.29, 1.82) is 0 Å². The minimum absolute atomic E-state index is 0.838. The van der Waals surface area contributed by atoms with Gasteiger partial charge in [0.15, 0.2) is 31.5 Å². The molecule has 25 atom stereocenters. The van der Waals surface area contributed by atoms with Crippen molar-refractivity contribution in [1.82, 2.24) is 0 Å². The maximum atomic E-state index is 11.1. The van der Waals surface area contributed by atoms with Crippen molar-refractivity contribution in [2.45, 2.75) is 154 Å². The summed E-state index contributed by atoms with van der Waals surface area (Å²) < 4.78 is 49.6. The van der Waals surface area contributed by atoms with E-state index < -0.39 is 187 Å². The minimum Gasteiger partial charge on any atom is -0.394 e. The number of ether oxygens (including phenoxy) is 9. The predicted octanol–water partition coefficient (Wildman–Crippen LogP) is -11.9. The molecule has 0 amide bonds. The van der Waals surface area contributed by atoms with Crippen molar-refractivity contribution in [3.05, 3.63) is 0 Å². The fourth-order valence-electron chi connectivity index (χ4n) is 6.87. The van der Waals surface area contributed by atoms with E-state index in [1.54, 1.807) is 0 Å². The molecule has 0 saturated carbocycles. The van der Waals surface area contributed by atoms with E-state index in [0.717, 1.165) is 0 Å². The highest BCUT2D eigenvalue weighted by molar-refractivity contribution is 4.98. The molecule has 56 heavy (non-hydrogen) atoms. The van der Waals surface area contributed by atoms with Crippen LogP contribution in [0, 0.1) is 0 Å². The van der Waals surface area contributed by atoms with Crippen molar-refractivity contribution in [3.63, 3.8) is 0 Å². The van der Waals surface area contributed by atoms with Gasteiger partial charge in [0.25, 0.3) is 0 Å². The molecule has 5 aliphatic heterocycles. The van der Waals surface area contributed by atoms with Crippen LogP contribution in [0.15, 0.2) is 0 Å². The summed E-state index contributed by atoms with van der Waals surface area (Å²) >= 11 is 0. The molecule has 328 valence electrons. The van der Waals surface area contributed by atoms with Crippen molar-refractivity contribution >= 4 is 0 Å². The lowest BCUT2D eigenvalue weighted by atomic mass is 9.96. The fraction of sp³-hybridized carbons (Fsp3) is 1.00. The quantitative estimate of drug-likeness (QED) is 0.0819. The number of aliphatic hydroxyl groups is 17. The highest BCUT2D eigenvalue weighted by Gasteiger charge is 2.55. The van der Waals surface area contributed by atoms with Crippen molar-refractivity contribution in [2.24, 2.45) is 0 Å². The lowest BCUT2D eigenvalue weighted by Crippen LogP contribution is -2.67. The summed E-state index contributed by atoms with van der Waals surface area (Å²) in [7, 11) is 0. The third-order valence-corrected chi connectivity index (χ3v) is 10.3. The third kappa shape index (κ3) is 9.31. The minimum atomic E-state index is -2.11. The Labute approximate surface area is 316 Å². The van der Waals surface area contributed by atoms with Gasteiger partial charge in [-0.05, 0) is 0 Å². The molecule has 0 unspecified atom stereocenters. The Morgan fingerprint density at radius 2 is 0.661 bits per heavy atom. The molecule has 0 spiro atoms. The Kier molecular flexibility index (Phi) is 16.1. The predicted molar refractivity (Wildman–Crippen MR) is 167 cm³/mol. The monoisotopic (exact) mass is 828 g/mol. The molecule has 5 aliphatic rings. The number of aliphatic hydroxyl groups excluding tert-OH is 17. The second-order valence-corrected chi connectivity index (χ2v) is 14.0. The molecule has 0 aromatic rings. The van der Waals surface area contributed by atoms with Gasteiger partial charge in [0.2, 0.25) is 0 Å². The van der Waals surface area contributed by atoms with Gasteiger partial charge in [-0.1, -0.05) is 0 Å². The molecule has 5 fully saturated rings. The molecule has 17 N–H and O–H groups in total. The Hall–Kier alpha value is -1.04. The van der Waals surface area contributed by atoms with Crippen LogP contribution < -0.4 is 0 Å². The maximum absolute atomic E-state index is 11.1. The highest BCUT2D eigenvalue weighted by Crippen LogP contribution is 2.34. The summed E-state index contributed by atoms with van der Waals surface area (Å²) in [5.41, 5.74) is 0. The number of hydrogen-bond acceptors (Lipinski definition) is 26. The van der Waals surface area contributed by atoms with Gasteiger partial charge < -0.3 is 129 Å². The topological polar surface area (TPSA) is 427 Å². The molecule has 0 aromatic carbocycles. The van der Waals surface area contributed by atoms with Crippen LogP contribution in [0.1, 0.15) is 0 Å². The first-order valence-electron chi connectivity index (χ1n) is 17.6. The second-order valence-electron chi connectivity index (χ2n) is 14.0. The van der Waals surface area contributed by atoms with Crippen LogP contribution in [-0.4, -0.2) is 273 Å². The summed E-state index contributed by atoms with van der Waals surface area (Å²) in [6, 6.07) is 0. The Morgan fingerprint density at radius 3 is 1.11 bits per heavy atom. The normalized spacial score (nSPS) is 53.2. The fourth-order valence-corrected chi connectivity index (χ4v) is 6.87. The van der Waals surface area contributed by atoms with Gasteiger partial charge in [-0.2, -0.15) is 0 Å². The summed E-state index contributed by atoms with van der Waals surface area (Å²) in [5, 5.41) is 176. The molecular formula is C30H52O26. The zero-order valence-electron chi connectivity index (χ0n) is 29.2. The van der Waals surface area contributed by atoms with Crippen LogP contribution in [0.3, 0.4) is 0 Å². The molecule has 0 aliphatic carbocycles.